The first kappa shape index (κ1) is 19.4. The van der Waals surface area contributed by atoms with Crippen molar-refractivity contribution < 1.29 is 9.84 Å². The van der Waals surface area contributed by atoms with Crippen molar-refractivity contribution in [1.29, 1.82) is 5.26 Å². The maximum atomic E-state index is 12.6. The number of nitriles is 1. The molecule has 1 fully saturated rings. The molecular formula is C19H17Cl2N3O3. The number of benzene rings is 1. The monoisotopic (exact) mass is 405 g/mol. The molecule has 1 aliphatic rings. The highest BCUT2D eigenvalue weighted by molar-refractivity contribution is 6.35. The predicted molar refractivity (Wildman–Crippen MR) is 105 cm³/mol. The summed E-state index contributed by atoms with van der Waals surface area (Å²) in [6, 6.07) is 6.74. The minimum atomic E-state index is -0.536. The van der Waals surface area contributed by atoms with Gasteiger partial charge in [0, 0.05) is 22.9 Å². The van der Waals surface area contributed by atoms with Crippen LogP contribution in [0.1, 0.15) is 29.5 Å². The van der Waals surface area contributed by atoms with Crippen LogP contribution in [-0.4, -0.2) is 28.6 Å². The van der Waals surface area contributed by atoms with Crippen LogP contribution in [0.3, 0.4) is 0 Å². The van der Waals surface area contributed by atoms with Crippen molar-refractivity contribution in [3.05, 3.63) is 55.3 Å². The van der Waals surface area contributed by atoms with E-state index in [0.717, 1.165) is 12.8 Å². The fourth-order valence-electron chi connectivity index (χ4n) is 3.04. The average Bonchev–Trinajstić information content (AvgIpc) is 3.11. The molecule has 1 saturated heterocycles. The third kappa shape index (κ3) is 4.16. The Labute approximate surface area is 166 Å². The van der Waals surface area contributed by atoms with Crippen molar-refractivity contribution >= 4 is 35.1 Å². The van der Waals surface area contributed by atoms with Gasteiger partial charge < -0.3 is 9.84 Å². The van der Waals surface area contributed by atoms with Gasteiger partial charge in [-0.05, 0) is 43.5 Å². The smallest absolute Gasteiger partial charge is 0.271 e. The van der Waals surface area contributed by atoms with Gasteiger partial charge in [0.1, 0.15) is 11.6 Å². The van der Waals surface area contributed by atoms with Crippen molar-refractivity contribution in [3.8, 4) is 11.9 Å². The van der Waals surface area contributed by atoms with Gasteiger partial charge >= 0.3 is 0 Å². The summed E-state index contributed by atoms with van der Waals surface area (Å²) in [5, 5.41) is 20.9. The van der Waals surface area contributed by atoms with E-state index in [1.807, 2.05) is 6.07 Å². The lowest BCUT2D eigenvalue weighted by atomic mass is 10.1. The molecule has 0 bridgehead atoms. The number of hydrogen-bond acceptors (Lipinski definition) is 5. The van der Waals surface area contributed by atoms with Gasteiger partial charge in [-0.3, -0.25) is 14.4 Å². The normalized spacial score (nSPS) is 16.7. The van der Waals surface area contributed by atoms with Crippen LogP contribution < -0.4 is 5.56 Å². The first-order valence-corrected chi connectivity index (χ1v) is 9.14. The number of hydrogen-bond donors (Lipinski definition) is 1. The van der Waals surface area contributed by atoms with E-state index in [9.17, 15) is 15.2 Å². The SMILES string of the molecule is Cc1c(C=Nc2cc(Cl)cc(Cl)c2)c(O)n(CC2CCCO2)c(=O)c1C#N. The molecule has 1 aromatic heterocycles. The molecule has 0 saturated carbocycles. The maximum Gasteiger partial charge on any atom is 0.271 e. The van der Waals surface area contributed by atoms with Crippen molar-refractivity contribution in [2.75, 3.05) is 6.61 Å². The number of aliphatic imine (C=N–C) groups is 1. The Balaban J connectivity index is 2.07. The van der Waals surface area contributed by atoms with E-state index in [0.29, 0.717) is 33.5 Å². The molecule has 1 aromatic carbocycles. The predicted octanol–water partition coefficient (Wildman–Crippen LogP) is 3.97. The van der Waals surface area contributed by atoms with Crippen molar-refractivity contribution in [2.24, 2.45) is 4.99 Å². The first-order chi connectivity index (χ1) is 12.9. The Morgan fingerprint density at radius 2 is 2.11 bits per heavy atom. The zero-order valence-electron chi connectivity index (χ0n) is 14.6. The summed E-state index contributed by atoms with van der Waals surface area (Å²) < 4.78 is 6.72. The van der Waals surface area contributed by atoms with Gasteiger partial charge in [-0.2, -0.15) is 5.26 Å². The number of rotatable bonds is 4. The van der Waals surface area contributed by atoms with Crippen molar-refractivity contribution in [2.45, 2.75) is 32.4 Å². The number of aromatic nitrogens is 1. The summed E-state index contributed by atoms with van der Waals surface area (Å²) >= 11 is 11.9. The number of ether oxygens (including phenoxy) is 1. The second kappa shape index (κ2) is 8.13. The molecule has 1 N–H and O–H groups in total. The Hall–Kier alpha value is -2.33. The van der Waals surface area contributed by atoms with Gasteiger partial charge in [-0.1, -0.05) is 23.2 Å². The van der Waals surface area contributed by atoms with Gasteiger partial charge in [-0.25, -0.2) is 0 Å². The van der Waals surface area contributed by atoms with E-state index in [4.69, 9.17) is 27.9 Å². The summed E-state index contributed by atoms with van der Waals surface area (Å²) in [5.74, 6) is -0.246. The van der Waals surface area contributed by atoms with Crippen LogP contribution in [0.25, 0.3) is 0 Å². The third-order valence-electron chi connectivity index (χ3n) is 4.45. The summed E-state index contributed by atoms with van der Waals surface area (Å²) in [5.41, 5.74) is 0.574. The van der Waals surface area contributed by atoms with Crippen LogP contribution in [0.15, 0.2) is 28.0 Å². The van der Waals surface area contributed by atoms with E-state index in [2.05, 4.69) is 4.99 Å². The minimum Gasteiger partial charge on any atom is -0.494 e. The Kier molecular flexibility index (Phi) is 5.85. The zero-order chi connectivity index (χ0) is 19.6. The highest BCUT2D eigenvalue weighted by Crippen LogP contribution is 2.26. The highest BCUT2D eigenvalue weighted by atomic mass is 35.5. The largest absolute Gasteiger partial charge is 0.494 e. The second-order valence-corrected chi connectivity index (χ2v) is 7.16. The summed E-state index contributed by atoms with van der Waals surface area (Å²) in [4.78, 5) is 16.9. The molecule has 1 aliphatic heterocycles. The van der Waals surface area contributed by atoms with Gasteiger partial charge in [0.15, 0.2) is 0 Å². The Morgan fingerprint density at radius 3 is 2.70 bits per heavy atom. The van der Waals surface area contributed by atoms with Crippen molar-refractivity contribution in [3.63, 3.8) is 0 Å². The molecule has 8 heteroatoms. The van der Waals surface area contributed by atoms with Crippen LogP contribution in [-0.2, 0) is 11.3 Å². The maximum absolute atomic E-state index is 12.6. The highest BCUT2D eigenvalue weighted by Gasteiger charge is 2.22. The summed E-state index contributed by atoms with van der Waals surface area (Å²) in [6.07, 6.45) is 2.94. The Morgan fingerprint density at radius 1 is 1.41 bits per heavy atom. The van der Waals surface area contributed by atoms with E-state index < -0.39 is 5.56 Å². The average molecular weight is 406 g/mol. The fraction of sp³-hybridized carbons (Fsp3) is 0.316. The van der Waals surface area contributed by atoms with E-state index >= 15 is 0 Å². The lowest BCUT2D eigenvalue weighted by Gasteiger charge is -2.17. The number of nitrogens with zero attached hydrogens (tertiary/aromatic N) is 3. The Bertz CT molecular complexity index is 982. The van der Waals surface area contributed by atoms with Crippen LogP contribution in [0.5, 0.6) is 5.88 Å². The summed E-state index contributed by atoms with van der Waals surface area (Å²) in [7, 11) is 0. The lowest BCUT2D eigenvalue weighted by Crippen LogP contribution is -2.29. The van der Waals surface area contributed by atoms with E-state index in [1.165, 1.54) is 10.8 Å². The van der Waals surface area contributed by atoms with Crippen molar-refractivity contribution in [1.82, 2.24) is 4.57 Å². The third-order valence-corrected chi connectivity index (χ3v) is 4.88. The fourth-order valence-corrected chi connectivity index (χ4v) is 3.55. The zero-order valence-corrected chi connectivity index (χ0v) is 16.1. The van der Waals surface area contributed by atoms with Gasteiger partial charge in [-0.15, -0.1) is 0 Å². The molecule has 27 heavy (non-hydrogen) atoms. The molecule has 0 aliphatic carbocycles. The van der Waals surface area contributed by atoms with Crippen LogP contribution in [0.2, 0.25) is 10.0 Å². The molecular weight excluding hydrogens is 389 g/mol. The minimum absolute atomic E-state index is 0.0311. The second-order valence-electron chi connectivity index (χ2n) is 6.29. The van der Waals surface area contributed by atoms with Gasteiger partial charge in [0.2, 0.25) is 5.88 Å². The molecule has 0 amide bonds. The molecule has 1 atom stereocenters. The first-order valence-electron chi connectivity index (χ1n) is 8.39. The number of aromatic hydroxyl groups is 1. The number of halogens is 2. The lowest BCUT2D eigenvalue weighted by molar-refractivity contribution is 0.0938. The van der Waals surface area contributed by atoms with Gasteiger partial charge in [0.25, 0.3) is 5.56 Å². The van der Waals surface area contributed by atoms with Crippen LogP contribution in [0.4, 0.5) is 5.69 Å². The topological polar surface area (TPSA) is 87.6 Å². The van der Waals surface area contributed by atoms with Crippen LogP contribution >= 0.6 is 23.2 Å². The molecule has 2 aromatic rings. The molecule has 0 radical (unpaired) electrons. The molecule has 1 unspecified atom stereocenters. The molecule has 3 rings (SSSR count). The summed E-state index contributed by atoms with van der Waals surface area (Å²) in [6.45, 7) is 2.41. The van der Waals surface area contributed by atoms with Crippen LogP contribution in [0, 0.1) is 18.3 Å². The molecule has 0 spiro atoms. The number of pyridine rings is 1. The van der Waals surface area contributed by atoms with E-state index in [1.54, 1.807) is 25.1 Å². The standard InChI is InChI=1S/C19H17Cl2N3O3/c1-11-16(8-22)18(25)24(10-15-3-2-4-27-15)19(26)17(11)9-23-14-6-12(20)5-13(21)7-14/h5-7,9,15,26H,2-4,10H2,1H3. The molecule has 6 nitrogen and oxygen atoms in total. The molecule has 140 valence electrons. The van der Waals surface area contributed by atoms with E-state index in [-0.39, 0.29) is 24.1 Å². The quantitative estimate of drug-likeness (QED) is 0.779. The molecule has 2 heterocycles. The van der Waals surface area contributed by atoms with Gasteiger partial charge in [0.05, 0.1) is 23.9 Å².